The number of methoxy groups -OCH3 is 1. The van der Waals surface area contributed by atoms with E-state index in [0.29, 0.717) is 22.3 Å². The number of rotatable bonds is 2. The highest BCUT2D eigenvalue weighted by Crippen LogP contribution is 2.16. The van der Waals surface area contributed by atoms with Gasteiger partial charge in [0.05, 0.1) is 30.0 Å². The molecule has 116 valence electrons. The molecule has 0 saturated heterocycles. The number of ether oxygens (including phenoxy) is 1. The van der Waals surface area contributed by atoms with Crippen molar-refractivity contribution in [3.05, 3.63) is 47.7 Å². The van der Waals surface area contributed by atoms with Gasteiger partial charge in [-0.2, -0.15) is 9.94 Å². The fourth-order valence-electron chi connectivity index (χ4n) is 1.90. The molecule has 0 unspecified atom stereocenters. The smallest absolute Gasteiger partial charge is 0.339 e. The van der Waals surface area contributed by atoms with Crippen molar-refractivity contribution in [2.75, 3.05) is 7.11 Å². The Labute approximate surface area is 133 Å². The zero-order valence-electron chi connectivity index (χ0n) is 13.0. The Balaban J connectivity index is 0.000000924. The summed E-state index contributed by atoms with van der Waals surface area (Å²) in [5, 5.41) is 16.8. The molecule has 7 nitrogen and oxygen atoms in total. The van der Waals surface area contributed by atoms with Crippen LogP contribution in [0.25, 0.3) is 16.9 Å². The van der Waals surface area contributed by atoms with Crippen molar-refractivity contribution in [1.29, 1.82) is 5.26 Å². The van der Waals surface area contributed by atoms with Crippen molar-refractivity contribution < 1.29 is 9.53 Å². The molecule has 7 heteroatoms. The lowest BCUT2D eigenvalue weighted by atomic mass is 10.2. The molecule has 0 saturated carbocycles. The number of nitriles is 1. The van der Waals surface area contributed by atoms with Gasteiger partial charge in [-0.15, -0.1) is 5.10 Å². The van der Waals surface area contributed by atoms with Crippen LogP contribution in [0.5, 0.6) is 0 Å². The molecule has 0 radical (unpaired) electrons. The topological polar surface area (TPSA) is 93.7 Å². The SMILES string of the molecule is CC.COC(=O)c1cnc2c(c1)nnn2-c1ccc(C#N)cc1. The summed E-state index contributed by atoms with van der Waals surface area (Å²) < 4.78 is 6.18. The molecule has 0 atom stereocenters. The van der Waals surface area contributed by atoms with E-state index in [1.807, 2.05) is 13.8 Å². The number of benzene rings is 1. The molecular formula is C16H15N5O2. The molecule has 0 bridgehead atoms. The minimum Gasteiger partial charge on any atom is -0.465 e. The lowest BCUT2D eigenvalue weighted by Crippen LogP contribution is -2.02. The summed E-state index contributed by atoms with van der Waals surface area (Å²) in [4.78, 5) is 15.7. The number of esters is 1. The zero-order valence-corrected chi connectivity index (χ0v) is 13.0. The van der Waals surface area contributed by atoms with Gasteiger partial charge in [0, 0.05) is 6.20 Å². The molecule has 0 aliphatic heterocycles. The average molecular weight is 309 g/mol. The maximum Gasteiger partial charge on any atom is 0.339 e. The van der Waals surface area contributed by atoms with Crippen LogP contribution >= 0.6 is 0 Å². The lowest BCUT2D eigenvalue weighted by Gasteiger charge is -2.02. The average Bonchev–Trinajstić information content (AvgIpc) is 3.06. The second-order valence-corrected chi connectivity index (χ2v) is 4.22. The van der Waals surface area contributed by atoms with E-state index in [1.54, 1.807) is 30.3 Å². The molecule has 0 aliphatic rings. The number of carbonyl (C=O) groups is 1. The highest BCUT2D eigenvalue weighted by atomic mass is 16.5. The van der Waals surface area contributed by atoms with Gasteiger partial charge in [-0.3, -0.25) is 0 Å². The van der Waals surface area contributed by atoms with Crippen molar-refractivity contribution in [2.24, 2.45) is 0 Å². The number of fused-ring (bicyclic) bond motifs is 1. The predicted molar refractivity (Wildman–Crippen MR) is 84.1 cm³/mol. The molecule has 23 heavy (non-hydrogen) atoms. The predicted octanol–water partition coefficient (Wildman–Crippen LogP) is 2.50. The number of carbonyl (C=O) groups excluding carboxylic acids is 1. The number of hydrogen-bond donors (Lipinski definition) is 0. The summed E-state index contributed by atoms with van der Waals surface area (Å²) in [6.07, 6.45) is 1.41. The Morgan fingerprint density at radius 3 is 2.57 bits per heavy atom. The third-order valence-electron chi connectivity index (χ3n) is 2.95. The Kier molecular flexibility index (Phi) is 5.00. The molecule has 0 aliphatic carbocycles. The number of nitrogens with zero attached hydrogens (tertiary/aromatic N) is 5. The van der Waals surface area contributed by atoms with E-state index in [4.69, 9.17) is 5.26 Å². The summed E-state index contributed by atoms with van der Waals surface area (Å²) in [6.45, 7) is 4.00. The van der Waals surface area contributed by atoms with Gasteiger partial charge >= 0.3 is 5.97 Å². The van der Waals surface area contributed by atoms with E-state index in [2.05, 4.69) is 26.1 Å². The molecule has 0 spiro atoms. The molecule has 1 aromatic carbocycles. The summed E-state index contributed by atoms with van der Waals surface area (Å²) >= 11 is 0. The lowest BCUT2D eigenvalue weighted by molar-refractivity contribution is 0.0600. The third-order valence-corrected chi connectivity index (χ3v) is 2.95. The highest BCUT2D eigenvalue weighted by Gasteiger charge is 2.12. The Morgan fingerprint density at radius 2 is 1.96 bits per heavy atom. The van der Waals surface area contributed by atoms with Crippen LogP contribution in [0.15, 0.2) is 36.5 Å². The van der Waals surface area contributed by atoms with E-state index in [9.17, 15) is 4.79 Å². The van der Waals surface area contributed by atoms with Crippen molar-refractivity contribution in [3.8, 4) is 11.8 Å². The van der Waals surface area contributed by atoms with Crippen LogP contribution in [0, 0.1) is 11.3 Å². The Bertz CT molecular complexity index is 862. The van der Waals surface area contributed by atoms with Gasteiger partial charge in [-0.25, -0.2) is 9.78 Å². The van der Waals surface area contributed by atoms with Gasteiger partial charge in [-0.1, -0.05) is 19.1 Å². The maximum absolute atomic E-state index is 11.5. The first-order chi connectivity index (χ1) is 11.2. The van der Waals surface area contributed by atoms with Gasteiger partial charge in [0.25, 0.3) is 0 Å². The second-order valence-electron chi connectivity index (χ2n) is 4.22. The number of hydrogen-bond acceptors (Lipinski definition) is 6. The second kappa shape index (κ2) is 7.13. The zero-order chi connectivity index (χ0) is 16.8. The van der Waals surface area contributed by atoms with E-state index >= 15 is 0 Å². The molecule has 0 fully saturated rings. The number of aromatic nitrogens is 4. The molecule has 2 aromatic heterocycles. The van der Waals surface area contributed by atoms with Crippen LogP contribution in [0.2, 0.25) is 0 Å². The molecule has 2 heterocycles. The highest BCUT2D eigenvalue weighted by molar-refractivity contribution is 5.92. The van der Waals surface area contributed by atoms with Gasteiger partial charge in [0.2, 0.25) is 0 Å². The van der Waals surface area contributed by atoms with Gasteiger partial charge in [0.1, 0.15) is 5.52 Å². The summed E-state index contributed by atoms with van der Waals surface area (Å²) in [6, 6.07) is 10.5. The number of pyridine rings is 1. The van der Waals surface area contributed by atoms with E-state index in [1.165, 1.54) is 18.0 Å². The van der Waals surface area contributed by atoms with E-state index < -0.39 is 5.97 Å². The van der Waals surface area contributed by atoms with Crippen LogP contribution in [-0.2, 0) is 4.74 Å². The quantitative estimate of drug-likeness (QED) is 0.675. The van der Waals surface area contributed by atoms with E-state index in [0.717, 1.165) is 5.69 Å². The Hall–Kier alpha value is -3.27. The normalized spacial score (nSPS) is 9.65. The van der Waals surface area contributed by atoms with Crippen molar-refractivity contribution in [3.63, 3.8) is 0 Å². The van der Waals surface area contributed by atoms with Crippen molar-refractivity contribution >= 4 is 17.1 Å². The largest absolute Gasteiger partial charge is 0.465 e. The maximum atomic E-state index is 11.5. The van der Waals surface area contributed by atoms with Crippen LogP contribution in [-0.4, -0.2) is 33.1 Å². The monoisotopic (exact) mass is 309 g/mol. The first-order valence-electron chi connectivity index (χ1n) is 7.03. The molecule has 0 N–H and O–H groups in total. The molecule has 3 aromatic rings. The fraction of sp³-hybridized carbons (Fsp3) is 0.188. The molecule has 3 rings (SSSR count). The van der Waals surface area contributed by atoms with Crippen LogP contribution in [0.4, 0.5) is 0 Å². The first-order valence-corrected chi connectivity index (χ1v) is 7.03. The van der Waals surface area contributed by atoms with Crippen LogP contribution in [0.3, 0.4) is 0 Å². The first kappa shape index (κ1) is 16.1. The van der Waals surface area contributed by atoms with E-state index in [-0.39, 0.29) is 0 Å². The third kappa shape index (κ3) is 3.16. The molecule has 0 amide bonds. The van der Waals surface area contributed by atoms with Gasteiger partial charge in [0.15, 0.2) is 5.65 Å². The van der Waals surface area contributed by atoms with Gasteiger partial charge < -0.3 is 4.74 Å². The Morgan fingerprint density at radius 1 is 1.26 bits per heavy atom. The minimum atomic E-state index is -0.475. The fourth-order valence-corrected chi connectivity index (χ4v) is 1.90. The van der Waals surface area contributed by atoms with Crippen LogP contribution in [0.1, 0.15) is 29.8 Å². The minimum absolute atomic E-state index is 0.317. The van der Waals surface area contributed by atoms with Crippen LogP contribution < -0.4 is 0 Å². The van der Waals surface area contributed by atoms with Crippen molar-refractivity contribution in [1.82, 2.24) is 20.0 Å². The van der Waals surface area contributed by atoms with Gasteiger partial charge in [-0.05, 0) is 30.3 Å². The summed E-state index contributed by atoms with van der Waals surface area (Å²) in [5.41, 5.74) is 2.62. The van der Waals surface area contributed by atoms with Crippen molar-refractivity contribution in [2.45, 2.75) is 13.8 Å². The summed E-state index contributed by atoms with van der Waals surface area (Å²) in [5.74, 6) is -0.475. The molecular weight excluding hydrogens is 294 g/mol. The summed E-state index contributed by atoms with van der Waals surface area (Å²) in [7, 11) is 1.31. The standard InChI is InChI=1S/C14H9N5O2.C2H6/c1-21-14(20)10-6-12-13(16-8-10)19(18-17-12)11-4-2-9(7-15)3-5-11;1-2/h2-6,8H,1H3;1-2H3.